The Hall–Kier alpha value is -1.63. The second-order valence-corrected chi connectivity index (χ2v) is 7.15. The molecule has 1 aromatic rings. The molecule has 0 bridgehead atoms. The number of amides is 1. The Balaban J connectivity index is 1.73. The summed E-state index contributed by atoms with van der Waals surface area (Å²) in [5.74, 6) is 2.83. The molecule has 2 N–H and O–H groups in total. The molecule has 1 aliphatic rings. The van der Waals surface area contributed by atoms with Gasteiger partial charge in [0.15, 0.2) is 11.7 Å². The van der Waals surface area contributed by atoms with Crippen LogP contribution in [0, 0.1) is 5.92 Å². The molecule has 6 nitrogen and oxygen atoms in total. The molecule has 23 heavy (non-hydrogen) atoms. The number of guanidine groups is 1. The first-order valence-electron chi connectivity index (χ1n) is 8.00. The number of nitrogens with one attached hydrogen (secondary N) is 2. The minimum atomic E-state index is -0.193. The third-order valence-corrected chi connectivity index (χ3v) is 5.33. The molecule has 0 aromatic carbocycles. The van der Waals surface area contributed by atoms with E-state index in [1.54, 1.807) is 19.2 Å². The van der Waals surface area contributed by atoms with Crippen molar-refractivity contribution in [1.29, 1.82) is 0 Å². The van der Waals surface area contributed by atoms with Crippen molar-refractivity contribution in [2.24, 2.45) is 10.9 Å². The summed E-state index contributed by atoms with van der Waals surface area (Å²) >= 11 is 2.04. The number of furan rings is 1. The summed E-state index contributed by atoms with van der Waals surface area (Å²) in [4.78, 5) is 18.4. The lowest BCUT2D eigenvalue weighted by Gasteiger charge is -2.36. The fraction of sp³-hybridized carbons (Fsp3) is 0.625. The Kier molecular flexibility index (Phi) is 6.83. The van der Waals surface area contributed by atoms with Crippen LogP contribution in [0.2, 0.25) is 0 Å². The van der Waals surface area contributed by atoms with Crippen molar-refractivity contribution < 1.29 is 9.21 Å². The third kappa shape index (κ3) is 5.20. The minimum Gasteiger partial charge on any atom is -0.459 e. The van der Waals surface area contributed by atoms with Crippen molar-refractivity contribution in [3.8, 4) is 0 Å². The molecule has 1 atom stereocenters. The Bertz CT molecular complexity index is 516. The molecule has 1 saturated heterocycles. The largest absolute Gasteiger partial charge is 0.459 e. The number of carbonyl (C=O) groups excluding carboxylic acids is 1. The van der Waals surface area contributed by atoms with Gasteiger partial charge in [0.25, 0.3) is 5.91 Å². The van der Waals surface area contributed by atoms with Gasteiger partial charge in [0.2, 0.25) is 0 Å². The fourth-order valence-corrected chi connectivity index (χ4v) is 3.75. The summed E-state index contributed by atoms with van der Waals surface area (Å²) in [7, 11) is 1.80. The highest BCUT2D eigenvalue weighted by Gasteiger charge is 2.24. The van der Waals surface area contributed by atoms with Crippen LogP contribution in [-0.2, 0) is 0 Å². The zero-order valence-corrected chi connectivity index (χ0v) is 14.9. The zero-order valence-electron chi connectivity index (χ0n) is 14.0. The highest BCUT2D eigenvalue weighted by molar-refractivity contribution is 8.00. The minimum absolute atomic E-state index is 0.193. The molecule has 0 radical (unpaired) electrons. The van der Waals surface area contributed by atoms with Gasteiger partial charge in [-0.05, 0) is 18.1 Å². The summed E-state index contributed by atoms with van der Waals surface area (Å²) in [6, 6.07) is 3.35. The number of hydrogen-bond acceptors (Lipinski definition) is 4. The van der Waals surface area contributed by atoms with E-state index >= 15 is 0 Å². The predicted octanol–water partition coefficient (Wildman–Crippen LogP) is 1.66. The molecule has 1 fully saturated rings. The van der Waals surface area contributed by atoms with Crippen LogP contribution in [0.5, 0.6) is 0 Å². The number of nitrogens with zero attached hydrogens (tertiary/aromatic N) is 2. The topological polar surface area (TPSA) is 69.9 Å². The van der Waals surface area contributed by atoms with Crippen LogP contribution < -0.4 is 10.6 Å². The van der Waals surface area contributed by atoms with Crippen molar-refractivity contribution in [1.82, 2.24) is 15.5 Å². The first-order valence-corrected chi connectivity index (χ1v) is 9.05. The van der Waals surface area contributed by atoms with Crippen LogP contribution in [0.4, 0.5) is 0 Å². The van der Waals surface area contributed by atoms with E-state index in [1.807, 2.05) is 11.8 Å². The number of thioether (sulfide) groups is 1. The lowest BCUT2D eigenvalue weighted by atomic mass is 10.1. The van der Waals surface area contributed by atoms with Crippen molar-refractivity contribution in [2.75, 3.05) is 39.0 Å². The van der Waals surface area contributed by atoms with E-state index in [9.17, 15) is 4.79 Å². The first-order chi connectivity index (χ1) is 11.1. The number of aliphatic imine (C=N–C) groups is 1. The van der Waals surface area contributed by atoms with E-state index in [-0.39, 0.29) is 5.91 Å². The van der Waals surface area contributed by atoms with Gasteiger partial charge < -0.3 is 20.0 Å². The molecular weight excluding hydrogens is 312 g/mol. The molecule has 0 spiro atoms. The summed E-state index contributed by atoms with van der Waals surface area (Å²) < 4.78 is 5.06. The average molecular weight is 338 g/mol. The molecule has 1 aromatic heterocycles. The SMILES string of the molecule is CN=C(NCCNC(=O)c1ccco1)N1CCSC(C(C)C)C1. The Morgan fingerprint density at radius 2 is 2.26 bits per heavy atom. The normalized spacial score (nSPS) is 19.0. The highest BCUT2D eigenvalue weighted by atomic mass is 32.2. The van der Waals surface area contributed by atoms with Crippen LogP contribution in [0.3, 0.4) is 0 Å². The van der Waals surface area contributed by atoms with Crippen molar-refractivity contribution in [3.63, 3.8) is 0 Å². The molecule has 0 saturated carbocycles. The maximum absolute atomic E-state index is 11.8. The number of rotatable bonds is 5. The lowest BCUT2D eigenvalue weighted by Crippen LogP contribution is -2.50. The molecular formula is C16H26N4O2S. The average Bonchev–Trinajstić information content (AvgIpc) is 3.09. The number of hydrogen-bond donors (Lipinski definition) is 2. The smallest absolute Gasteiger partial charge is 0.287 e. The van der Waals surface area contributed by atoms with Crippen LogP contribution in [0.25, 0.3) is 0 Å². The standard InChI is InChI=1S/C16H26N4O2S/c1-12(2)14-11-20(8-10-23-14)16(17-3)19-7-6-18-15(21)13-5-4-9-22-13/h4-5,9,12,14H,6-8,10-11H2,1-3H3,(H,17,19)(H,18,21). The monoisotopic (exact) mass is 338 g/mol. The van der Waals surface area contributed by atoms with Gasteiger partial charge in [-0.1, -0.05) is 13.8 Å². The maximum atomic E-state index is 11.8. The predicted molar refractivity (Wildman–Crippen MR) is 95.1 cm³/mol. The van der Waals surface area contributed by atoms with Gasteiger partial charge in [-0.2, -0.15) is 11.8 Å². The van der Waals surface area contributed by atoms with E-state index in [1.165, 1.54) is 6.26 Å². The Morgan fingerprint density at radius 1 is 1.48 bits per heavy atom. The van der Waals surface area contributed by atoms with Gasteiger partial charge >= 0.3 is 0 Å². The maximum Gasteiger partial charge on any atom is 0.287 e. The van der Waals surface area contributed by atoms with E-state index in [2.05, 4.69) is 34.4 Å². The molecule has 2 heterocycles. The number of carbonyl (C=O) groups is 1. The van der Waals surface area contributed by atoms with Gasteiger partial charge in [-0.25, -0.2) is 0 Å². The second kappa shape index (κ2) is 8.86. The summed E-state index contributed by atoms with van der Waals surface area (Å²) in [5.41, 5.74) is 0. The van der Waals surface area contributed by atoms with Crippen LogP contribution >= 0.6 is 11.8 Å². The van der Waals surface area contributed by atoms with Gasteiger partial charge in [0.1, 0.15) is 0 Å². The van der Waals surface area contributed by atoms with E-state index in [4.69, 9.17) is 4.42 Å². The van der Waals surface area contributed by atoms with Gasteiger partial charge in [-0.15, -0.1) is 0 Å². The molecule has 7 heteroatoms. The van der Waals surface area contributed by atoms with Crippen LogP contribution in [0.1, 0.15) is 24.4 Å². The molecule has 1 unspecified atom stereocenters. The second-order valence-electron chi connectivity index (χ2n) is 5.81. The van der Waals surface area contributed by atoms with Crippen molar-refractivity contribution in [3.05, 3.63) is 24.2 Å². The zero-order chi connectivity index (χ0) is 16.7. The Labute approximate surface area is 142 Å². The van der Waals surface area contributed by atoms with E-state index < -0.39 is 0 Å². The summed E-state index contributed by atoms with van der Waals surface area (Å²) in [6.45, 7) is 7.71. The van der Waals surface area contributed by atoms with Gasteiger partial charge in [0.05, 0.1) is 6.26 Å². The highest BCUT2D eigenvalue weighted by Crippen LogP contribution is 2.24. The van der Waals surface area contributed by atoms with Crippen LogP contribution in [-0.4, -0.2) is 61.0 Å². The Morgan fingerprint density at radius 3 is 2.91 bits per heavy atom. The fourth-order valence-electron chi connectivity index (χ4n) is 2.45. The van der Waals surface area contributed by atoms with Crippen molar-refractivity contribution in [2.45, 2.75) is 19.1 Å². The summed E-state index contributed by atoms with van der Waals surface area (Å²) in [6.07, 6.45) is 1.49. The molecule has 2 rings (SSSR count). The van der Waals surface area contributed by atoms with Gasteiger partial charge in [-0.3, -0.25) is 9.79 Å². The first kappa shape index (κ1) is 17.7. The van der Waals surface area contributed by atoms with E-state index in [0.29, 0.717) is 30.0 Å². The quantitative estimate of drug-likeness (QED) is 0.485. The molecule has 1 amide bonds. The molecule has 1 aliphatic heterocycles. The summed E-state index contributed by atoms with van der Waals surface area (Å²) in [5, 5.41) is 6.78. The molecule has 128 valence electrons. The van der Waals surface area contributed by atoms with Gasteiger partial charge in [0, 0.05) is 44.2 Å². The van der Waals surface area contributed by atoms with E-state index in [0.717, 1.165) is 24.8 Å². The lowest BCUT2D eigenvalue weighted by molar-refractivity contribution is 0.0926. The van der Waals surface area contributed by atoms with Crippen molar-refractivity contribution >= 4 is 23.6 Å². The molecule has 0 aliphatic carbocycles. The third-order valence-electron chi connectivity index (χ3n) is 3.79. The van der Waals surface area contributed by atoms with Crippen LogP contribution in [0.15, 0.2) is 27.8 Å².